The maximum Gasteiger partial charge on any atom is 0.258 e. The molecule has 2 heterocycles. The topological polar surface area (TPSA) is 119 Å². The van der Waals surface area contributed by atoms with Crippen LogP contribution in [-0.4, -0.2) is 54.6 Å². The van der Waals surface area contributed by atoms with Gasteiger partial charge in [-0.3, -0.25) is 4.79 Å². The van der Waals surface area contributed by atoms with Gasteiger partial charge in [0.1, 0.15) is 23.7 Å². The quantitative estimate of drug-likeness (QED) is 0.373. The summed E-state index contributed by atoms with van der Waals surface area (Å²) in [6, 6.07) is 24.2. The van der Waals surface area contributed by atoms with Crippen LogP contribution in [0.1, 0.15) is 17.0 Å². The van der Waals surface area contributed by atoms with Gasteiger partial charge in [-0.1, -0.05) is 36.4 Å². The number of hydrogen-bond acceptors (Lipinski definition) is 7. The number of aromatic amines is 1. The molecule has 1 fully saturated rings. The van der Waals surface area contributed by atoms with Crippen molar-refractivity contribution in [2.24, 2.45) is 0 Å². The van der Waals surface area contributed by atoms with E-state index in [-0.39, 0.29) is 17.7 Å². The Morgan fingerprint density at radius 2 is 1.68 bits per heavy atom. The average Bonchev–Trinajstić information content (AvgIpc) is 2.96. The van der Waals surface area contributed by atoms with Crippen molar-refractivity contribution in [2.45, 2.75) is 13.0 Å². The molecule has 1 saturated heterocycles. The summed E-state index contributed by atoms with van der Waals surface area (Å²) in [5.41, 5.74) is 2.62. The van der Waals surface area contributed by atoms with Crippen LogP contribution in [0.4, 0.5) is 5.69 Å². The van der Waals surface area contributed by atoms with Crippen molar-refractivity contribution in [3.05, 3.63) is 100 Å². The van der Waals surface area contributed by atoms with Gasteiger partial charge in [-0.2, -0.15) is 9.57 Å². The molecule has 1 aliphatic heterocycles. The summed E-state index contributed by atoms with van der Waals surface area (Å²) in [4.78, 5) is 22.1. The van der Waals surface area contributed by atoms with Crippen molar-refractivity contribution >= 4 is 26.6 Å². The van der Waals surface area contributed by atoms with Crippen LogP contribution in [0, 0.1) is 11.3 Å². The van der Waals surface area contributed by atoms with Crippen LogP contribution in [-0.2, 0) is 23.1 Å². The summed E-state index contributed by atoms with van der Waals surface area (Å²) in [5.74, 6) is 0.615. The van der Waals surface area contributed by atoms with E-state index in [1.807, 2.05) is 42.5 Å². The third kappa shape index (κ3) is 5.69. The smallest absolute Gasteiger partial charge is 0.258 e. The standard InChI is InChI=1S/C28H27N5O4S/c29-19-21-9-11-23(12-10-21)32-14-16-33(17-15-32)38(35,36)18-13-26-30-27-24(28(34)31-26)7-4-8-25(27)37-20-22-5-2-1-3-6-22/h1-12H,13-18,20H2,(H,30,31,34). The Kier molecular flexibility index (Phi) is 7.40. The first-order chi connectivity index (χ1) is 18.4. The highest BCUT2D eigenvalue weighted by Crippen LogP contribution is 2.23. The van der Waals surface area contributed by atoms with Gasteiger partial charge in [0, 0.05) is 38.3 Å². The Labute approximate surface area is 221 Å². The molecule has 10 heteroatoms. The summed E-state index contributed by atoms with van der Waals surface area (Å²) < 4.78 is 33.6. The Hall–Kier alpha value is -4.20. The van der Waals surface area contributed by atoms with Gasteiger partial charge in [-0.25, -0.2) is 13.4 Å². The fourth-order valence-electron chi connectivity index (χ4n) is 4.48. The van der Waals surface area contributed by atoms with E-state index in [1.165, 1.54) is 4.31 Å². The summed E-state index contributed by atoms with van der Waals surface area (Å²) in [6.07, 6.45) is 0.0797. The van der Waals surface area contributed by atoms with E-state index >= 15 is 0 Å². The van der Waals surface area contributed by atoms with E-state index in [4.69, 9.17) is 10.00 Å². The van der Waals surface area contributed by atoms with E-state index in [0.717, 1.165) is 11.3 Å². The number of nitrogens with one attached hydrogen (secondary N) is 1. The molecule has 0 unspecified atom stereocenters. The second-order valence-corrected chi connectivity index (χ2v) is 11.1. The lowest BCUT2D eigenvalue weighted by atomic mass is 10.2. The number of para-hydroxylation sites is 1. The molecule has 0 amide bonds. The molecule has 0 radical (unpaired) electrons. The number of fused-ring (bicyclic) bond motifs is 1. The first-order valence-corrected chi connectivity index (χ1v) is 14.0. The van der Waals surface area contributed by atoms with Crippen molar-refractivity contribution in [3.8, 4) is 11.8 Å². The average molecular weight is 530 g/mol. The number of piperazine rings is 1. The monoisotopic (exact) mass is 529 g/mol. The Balaban J connectivity index is 1.25. The second kappa shape index (κ2) is 11.0. The lowest BCUT2D eigenvalue weighted by Gasteiger charge is -2.35. The molecule has 194 valence electrons. The molecule has 0 atom stereocenters. The molecule has 4 aromatic rings. The zero-order chi connectivity index (χ0) is 26.5. The fourth-order valence-corrected chi connectivity index (χ4v) is 5.91. The highest BCUT2D eigenvalue weighted by atomic mass is 32.2. The summed E-state index contributed by atoms with van der Waals surface area (Å²) >= 11 is 0. The lowest BCUT2D eigenvalue weighted by Crippen LogP contribution is -2.49. The second-order valence-electron chi connectivity index (χ2n) is 9.05. The van der Waals surface area contributed by atoms with Crippen LogP contribution in [0.25, 0.3) is 10.9 Å². The Morgan fingerprint density at radius 1 is 0.947 bits per heavy atom. The highest BCUT2D eigenvalue weighted by Gasteiger charge is 2.27. The van der Waals surface area contributed by atoms with Crippen molar-refractivity contribution in [3.63, 3.8) is 0 Å². The molecule has 0 bridgehead atoms. The molecular weight excluding hydrogens is 502 g/mol. The predicted molar refractivity (Wildman–Crippen MR) is 146 cm³/mol. The summed E-state index contributed by atoms with van der Waals surface area (Å²) in [7, 11) is -3.55. The van der Waals surface area contributed by atoms with Crippen molar-refractivity contribution < 1.29 is 13.2 Å². The van der Waals surface area contributed by atoms with Gasteiger partial charge in [0.2, 0.25) is 10.0 Å². The van der Waals surface area contributed by atoms with Crippen LogP contribution < -0.4 is 15.2 Å². The zero-order valence-electron chi connectivity index (χ0n) is 20.7. The first-order valence-electron chi connectivity index (χ1n) is 12.3. The molecule has 0 aliphatic carbocycles. The molecule has 0 spiro atoms. The van der Waals surface area contributed by atoms with Crippen LogP contribution in [0.5, 0.6) is 5.75 Å². The molecule has 1 N–H and O–H groups in total. The fraction of sp³-hybridized carbons (Fsp3) is 0.250. The number of H-pyrrole nitrogens is 1. The number of aryl methyl sites for hydroxylation is 1. The summed E-state index contributed by atoms with van der Waals surface area (Å²) in [6.45, 7) is 2.16. The number of rotatable bonds is 8. The normalized spacial score (nSPS) is 14.3. The third-order valence-electron chi connectivity index (χ3n) is 6.58. The predicted octanol–water partition coefficient (Wildman–Crippen LogP) is 3.07. The van der Waals surface area contributed by atoms with Gasteiger partial charge in [0.15, 0.2) is 0 Å². The molecule has 3 aromatic carbocycles. The first kappa shape index (κ1) is 25.4. The minimum absolute atomic E-state index is 0.0797. The van der Waals surface area contributed by atoms with Gasteiger partial charge in [0.25, 0.3) is 5.56 Å². The number of hydrogen-bond donors (Lipinski definition) is 1. The number of nitriles is 1. The number of benzene rings is 3. The number of anilines is 1. The van der Waals surface area contributed by atoms with Crippen molar-refractivity contribution in [2.75, 3.05) is 36.8 Å². The number of nitrogens with zero attached hydrogens (tertiary/aromatic N) is 4. The molecular formula is C28H27N5O4S. The van der Waals surface area contributed by atoms with Crippen LogP contribution in [0.3, 0.4) is 0 Å². The van der Waals surface area contributed by atoms with Gasteiger partial charge < -0.3 is 14.6 Å². The van der Waals surface area contributed by atoms with Crippen LogP contribution >= 0.6 is 0 Å². The zero-order valence-corrected chi connectivity index (χ0v) is 21.5. The summed E-state index contributed by atoms with van der Waals surface area (Å²) in [5, 5.41) is 9.37. The van der Waals surface area contributed by atoms with Gasteiger partial charge in [-0.15, -0.1) is 0 Å². The SMILES string of the molecule is N#Cc1ccc(N2CCN(S(=O)(=O)CCc3nc4c(OCc5ccccc5)cccc4c(=O)[nH]3)CC2)cc1. The van der Waals surface area contributed by atoms with Gasteiger partial charge in [-0.05, 0) is 42.0 Å². The van der Waals surface area contributed by atoms with Crippen molar-refractivity contribution in [1.82, 2.24) is 14.3 Å². The minimum atomic E-state index is -3.55. The number of ether oxygens (including phenoxy) is 1. The molecule has 0 saturated carbocycles. The Bertz CT molecular complexity index is 1620. The van der Waals surface area contributed by atoms with Crippen molar-refractivity contribution in [1.29, 1.82) is 5.26 Å². The highest BCUT2D eigenvalue weighted by molar-refractivity contribution is 7.89. The maximum atomic E-state index is 13.1. The molecule has 1 aliphatic rings. The Morgan fingerprint density at radius 3 is 2.39 bits per heavy atom. The largest absolute Gasteiger partial charge is 0.487 e. The lowest BCUT2D eigenvalue weighted by molar-refractivity contribution is 0.309. The molecule has 5 rings (SSSR count). The molecule has 38 heavy (non-hydrogen) atoms. The van der Waals surface area contributed by atoms with E-state index in [9.17, 15) is 13.2 Å². The van der Waals surface area contributed by atoms with Gasteiger partial charge >= 0.3 is 0 Å². The van der Waals surface area contributed by atoms with Crippen LogP contribution in [0.15, 0.2) is 77.6 Å². The third-order valence-corrected chi connectivity index (χ3v) is 8.45. The minimum Gasteiger partial charge on any atom is -0.487 e. The maximum absolute atomic E-state index is 13.1. The van der Waals surface area contributed by atoms with E-state index < -0.39 is 10.0 Å². The molecule has 1 aromatic heterocycles. The van der Waals surface area contributed by atoms with E-state index in [0.29, 0.717) is 60.8 Å². The molecule has 9 nitrogen and oxygen atoms in total. The number of sulfonamides is 1. The van der Waals surface area contributed by atoms with E-state index in [2.05, 4.69) is 20.9 Å². The number of aromatic nitrogens is 2. The van der Waals surface area contributed by atoms with E-state index in [1.54, 1.807) is 30.3 Å². The van der Waals surface area contributed by atoms with Gasteiger partial charge in [0.05, 0.1) is 22.8 Å². The van der Waals surface area contributed by atoms with Crippen LogP contribution in [0.2, 0.25) is 0 Å².